The second-order valence-electron chi connectivity index (χ2n) is 25.2. The average Bonchev–Trinajstić information content (AvgIpc) is 1.59. The first kappa shape index (κ1) is 61.3. The average molecular weight is 1160 g/mol. The van der Waals surface area contributed by atoms with Gasteiger partial charge in [-0.05, 0) is 235 Å². The van der Waals surface area contributed by atoms with Gasteiger partial charge in [0.05, 0.1) is 0 Å². The third kappa shape index (κ3) is 13.5. The Morgan fingerprint density at radius 1 is 0.250 bits per heavy atom. The minimum absolute atomic E-state index is 0.00546. The summed E-state index contributed by atoms with van der Waals surface area (Å²) in [6, 6.07) is 86.8. The van der Waals surface area contributed by atoms with Gasteiger partial charge in [0.25, 0.3) is 0 Å². The van der Waals surface area contributed by atoms with E-state index in [0.29, 0.717) is 0 Å². The highest BCUT2D eigenvalue weighted by Gasteiger charge is 2.42. The van der Waals surface area contributed by atoms with Gasteiger partial charge in [-0.2, -0.15) is 0 Å². The second kappa shape index (κ2) is 29.1. The van der Waals surface area contributed by atoms with Crippen LogP contribution in [0.2, 0.25) is 0 Å². The molecule has 0 unspecified atom stereocenters. The van der Waals surface area contributed by atoms with Crippen LogP contribution in [-0.4, -0.2) is 0 Å². The molecule has 11 rings (SSSR count). The van der Waals surface area contributed by atoms with Crippen LogP contribution in [-0.2, 0) is 11.8 Å². The monoisotopic (exact) mass is 1160 g/mol. The molecule has 0 fully saturated rings. The van der Waals surface area contributed by atoms with Crippen LogP contribution in [0.4, 0.5) is 51.2 Å². The van der Waals surface area contributed by atoms with E-state index < -0.39 is 0 Å². The van der Waals surface area contributed by atoms with Gasteiger partial charge in [0.2, 0.25) is 0 Å². The number of fused-ring (bicyclic) bond motifs is 3. The van der Waals surface area contributed by atoms with Crippen molar-refractivity contribution in [3.05, 3.63) is 269 Å². The Morgan fingerprint density at radius 3 is 0.966 bits per heavy atom. The van der Waals surface area contributed by atoms with E-state index >= 15 is 0 Å². The lowest BCUT2D eigenvalue weighted by Crippen LogP contribution is -2.26. The molecule has 10 aromatic carbocycles. The zero-order valence-corrected chi connectivity index (χ0v) is 53.8. The molecule has 0 aliphatic heterocycles. The first-order chi connectivity index (χ1) is 43.2. The number of anilines is 9. The van der Waals surface area contributed by atoms with Gasteiger partial charge in [0.1, 0.15) is 0 Å². The van der Waals surface area contributed by atoms with Gasteiger partial charge in [-0.15, -0.1) is 0 Å². The number of para-hydroxylation sites is 3. The number of benzene rings is 10. The highest BCUT2D eigenvalue weighted by molar-refractivity contribution is 5.88. The smallest absolute Gasteiger partial charge is 0.0465 e. The van der Waals surface area contributed by atoms with Crippen molar-refractivity contribution in [2.75, 3.05) is 14.7 Å². The fourth-order valence-corrected chi connectivity index (χ4v) is 14.3. The summed E-state index contributed by atoms with van der Waals surface area (Å²) in [5.74, 6) is 0. The summed E-state index contributed by atoms with van der Waals surface area (Å²) < 4.78 is 0. The molecule has 0 saturated heterocycles. The van der Waals surface area contributed by atoms with Crippen molar-refractivity contribution in [3.63, 3.8) is 0 Å². The van der Waals surface area contributed by atoms with E-state index in [2.05, 4.69) is 294 Å². The predicted octanol–water partition coefficient (Wildman–Crippen LogP) is 25.8. The number of rotatable bonds is 28. The summed E-state index contributed by atoms with van der Waals surface area (Å²) in [6.07, 6.45) is 21.5. The van der Waals surface area contributed by atoms with Gasteiger partial charge in [0.15, 0.2) is 0 Å². The first-order valence-electron chi connectivity index (χ1n) is 33.5. The number of hydrogen-bond acceptors (Lipinski definition) is 3. The molecule has 0 N–H and O–H groups in total. The molecular formula is C85H93N3. The molecule has 0 amide bonds. The largest absolute Gasteiger partial charge is 0.310 e. The van der Waals surface area contributed by atoms with E-state index in [1.165, 1.54) is 187 Å². The van der Waals surface area contributed by atoms with E-state index in [1.54, 1.807) is 5.56 Å². The second-order valence-corrected chi connectivity index (χ2v) is 25.2. The molecule has 1 aliphatic carbocycles. The first-order valence-corrected chi connectivity index (χ1v) is 33.5. The number of unbranched alkanes of at least 4 members (excludes halogenated alkanes) is 11. The topological polar surface area (TPSA) is 9.72 Å². The third-order valence-electron chi connectivity index (χ3n) is 18.9. The summed E-state index contributed by atoms with van der Waals surface area (Å²) in [4.78, 5) is 7.31. The highest BCUT2D eigenvalue weighted by Crippen LogP contribution is 2.56. The van der Waals surface area contributed by atoms with Gasteiger partial charge >= 0.3 is 0 Å². The molecular weight excluding hydrogens is 1060 g/mol. The summed E-state index contributed by atoms with van der Waals surface area (Å²) in [6.45, 7) is 16.1. The lowest BCUT2D eigenvalue weighted by molar-refractivity contribution is 0.401. The Hall–Kier alpha value is -8.40. The number of aryl methyl sites for hydroxylation is 5. The van der Waals surface area contributed by atoms with Crippen molar-refractivity contribution in [1.29, 1.82) is 0 Å². The maximum atomic E-state index is 2.59. The lowest BCUT2D eigenvalue weighted by atomic mass is 9.70. The third-order valence-corrected chi connectivity index (χ3v) is 18.9. The van der Waals surface area contributed by atoms with Crippen LogP contribution >= 0.6 is 0 Å². The molecule has 0 aromatic heterocycles. The van der Waals surface area contributed by atoms with Crippen LogP contribution in [0.3, 0.4) is 0 Å². The molecule has 3 nitrogen and oxygen atoms in total. The molecule has 448 valence electrons. The molecule has 0 spiro atoms. The van der Waals surface area contributed by atoms with Gasteiger partial charge in [-0.3, -0.25) is 0 Å². The predicted molar refractivity (Wildman–Crippen MR) is 381 cm³/mol. The summed E-state index contributed by atoms with van der Waals surface area (Å²) in [5.41, 5.74) is 27.7. The summed E-state index contributed by atoms with van der Waals surface area (Å²) in [5, 5.41) is 0. The van der Waals surface area contributed by atoms with Crippen molar-refractivity contribution in [2.24, 2.45) is 0 Å². The van der Waals surface area contributed by atoms with Crippen LogP contribution in [0.1, 0.15) is 162 Å². The van der Waals surface area contributed by atoms with Crippen LogP contribution in [0.15, 0.2) is 231 Å². The molecule has 0 heterocycles. The van der Waals surface area contributed by atoms with Crippen LogP contribution < -0.4 is 14.7 Å². The normalized spacial score (nSPS) is 12.2. The van der Waals surface area contributed by atoms with Crippen LogP contribution in [0, 0.1) is 27.7 Å². The molecule has 0 saturated carbocycles. The van der Waals surface area contributed by atoms with Crippen molar-refractivity contribution in [1.82, 2.24) is 0 Å². The Labute approximate surface area is 528 Å². The van der Waals surface area contributed by atoms with Gasteiger partial charge in [-0.25, -0.2) is 0 Å². The molecule has 0 bridgehead atoms. The van der Waals surface area contributed by atoms with Gasteiger partial charge in [0, 0.05) is 56.6 Å². The van der Waals surface area contributed by atoms with E-state index in [9.17, 15) is 0 Å². The molecule has 0 radical (unpaired) electrons. The maximum Gasteiger partial charge on any atom is 0.0465 e. The van der Waals surface area contributed by atoms with Crippen molar-refractivity contribution < 1.29 is 0 Å². The van der Waals surface area contributed by atoms with E-state index in [-0.39, 0.29) is 5.41 Å². The van der Waals surface area contributed by atoms with E-state index in [4.69, 9.17) is 0 Å². The fraction of sp³-hybridized carbons (Fsp3) is 0.294. The van der Waals surface area contributed by atoms with E-state index in [0.717, 1.165) is 40.5 Å². The summed E-state index contributed by atoms with van der Waals surface area (Å²) in [7, 11) is 0. The maximum absolute atomic E-state index is 2.59. The fourth-order valence-electron chi connectivity index (χ4n) is 14.3. The Balaban J connectivity index is 0.922. The quantitative estimate of drug-likeness (QED) is 0.0453. The minimum Gasteiger partial charge on any atom is -0.310 e. The summed E-state index contributed by atoms with van der Waals surface area (Å²) >= 11 is 0. The number of nitrogens with zero attached hydrogens (tertiary/aromatic N) is 3. The lowest BCUT2D eigenvalue weighted by Gasteiger charge is -2.34. The molecule has 0 atom stereocenters. The van der Waals surface area contributed by atoms with Crippen molar-refractivity contribution in [3.8, 4) is 33.4 Å². The Kier molecular flexibility index (Phi) is 20.2. The van der Waals surface area contributed by atoms with Gasteiger partial charge < -0.3 is 14.7 Å². The molecule has 1 aliphatic rings. The minimum atomic E-state index is 0.00546. The molecule has 88 heavy (non-hydrogen) atoms. The zero-order chi connectivity index (χ0) is 60.8. The molecule has 3 heteroatoms. The molecule has 10 aromatic rings. The zero-order valence-electron chi connectivity index (χ0n) is 53.8. The van der Waals surface area contributed by atoms with Crippen LogP contribution in [0.25, 0.3) is 33.4 Å². The van der Waals surface area contributed by atoms with Crippen molar-refractivity contribution in [2.45, 2.75) is 163 Å². The Morgan fingerprint density at radius 2 is 0.557 bits per heavy atom. The SMILES string of the molecule is CCCCCCCCc1ccc(N(c2ccc(-c3ccc(N(c4ccccc4)c4ccccc4)cc3C)c(C)c2)c2ccc(-c3ccc(N(c4ccccc4)c4ccc5c(c4)C(CCCCCC)(CCCCCC)c4ccccc4-5)cc3C)c(C)c2)cc1. The van der Waals surface area contributed by atoms with Crippen LogP contribution in [0.5, 0.6) is 0 Å². The standard InChI is InChI=1S/C85H93N3/c1-8-11-14-17-18-22-33-67-42-44-71(45-43-67)88(74-48-53-79(65(6)60-74)77-51-46-72(58-63(77)4)86(68-34-23-19-24-35-68)69-36-25-20-26-37-69)75-49-54-80(66(7)61-75)78-52-47-73(59-64(78)5)87(70-38-27-21-28-39-70)76-50-55-82-81-40-29-30-41-83(81)85(84(82)62-76,56-31-15-12-9-2)57-32-16-13-10-3/h19-21,23-30,34-55,58-62H,8-18,22,31-33,56-57H2,1-7H3. The number of hydrogen-bond donors (Lipinski definition) is 0. The Bertz CT molecular complexity index is 3830. The van der Waals surface area contributed by atoms with Gasteiger partial charge in [-0.1, -0.05) is 226 Å². The van der Waals surface area contributed by atoms with E-state index in [1.807, 2.05) is 0 Å². The van der Waals surface area contributed by atoms with Crippen molar-refractivity contribution >= 4 is 51.2 Å². The highest BCUT2D eigenvalue weighted by atomic mass is 15.2.